The zero-order valence-electron chi connectivity index (χ0n) is 18.1. The van der Waals surface area contributed by atoms with E-state index < -0.39 is 17.2 Å². The smallest absolute Gasteiger partial charge is 0.354 e. The van der Waals surface area contributed by atoms with Gasteiger partial charge in [-0.2, -0.15) is 4.98 Å². The number of benzene rings is 2. The van der Waals surface area contributed by atoms with Gasteiger partial charge >= 0.3 is 11.4 Å². The van der Waals surface area contributed by atoms with Crippen molar-refractivity contribution in [2.75, 3.05) is 18.9 Å². The van der Waals surface area contributed by atoms with E-state index in [1.54, 1.807) is 51.2 Å². The summed E-state index contributed by atoms with van der Waals surface area (Å²) in [5.41, 5.74) is -0.118. The maximum atomic E-state index is 14.4. The van der Waals surface area contributed by atoms with Gasteiger partial charge in [-0.05, 0) is 50.7 Å². The first-order chi connectivity index (χ1) is 15.3. The van der Waals surface area contributed by atoms with Crippen molar-refractivity contribution in [3.63, 3.8) is 0 Å². The van der Waals surface area contributed by atoms with E-state index >= 15 is 0 Å². The van der Waals surface area contributed by atoms with Crippen molar-refractivity contribution in [2.45, 2.75) is 33.0 Å². The lowest BCUT2D eigenvalue weighted by Crippen LogP contribution is -2.44. The maximum absolute atomic E-state index is 14.4. The van der Waals surface area contributed by atoms with Crippen molar-refractivity contribution in [3.05, 3.63) is 79.8 Å². The number of ether oxygens (including phenoxy) is 1. The molecule has 2 aromatic carbocycles. The molecule has 2 N–H and O–H groups in total. The number of anilines is 2. The second kappa shape index (κ2) is 10.4. The Morgan fingerprint density at radius 2 is 1.84 bits per heavy atom. The van der Waals surface area contributed by atoms with Crippen molar-refractivity contribution >= 4 is 23.2 Å². The Bertz CT molecular complexity index is 1190. The molecule has 0 aliphatic carbocycles. The van der Waals surface area contributed by atoms with Gasteiger partial charge in [0.05, 0.1) is 12.6 Å². The summed E-state index contributed by atoms with van der Waals surface area (Å²) >= 11 is 5.96. The summed E-state index contributed by atoms with van der Waals surface area (Å²) in [5, 5.41) is 6.36. The number of aromatic nitrogens is 3. The van der Waals surface area contributed by atoms with Crippen LogP contribution in [0.5, 0.6) is 5.75 Å². The summed E-state index contributed by atoms with van der Waals surface area (Å²) < 4.78 is 22.2. The Balaban J connectivity index is 2.01. The number of nitrogens with zero attached hydrogens (tertiary/aromatic N) is 3. The van der Waals surface area contributed by atoms with E-state index in [0.717, 1.165) is 10.1 Å². The third kappa shape index (κ3) is 5.74. The fraction of sp³-hybridized carbons (Fsp3) is 0.318. The topological polar surface area (TPSA) is 90.2 Å². The number of nitrogens with one attached hydrogen (secondary N) is 2. The highest BCUT2D eigenvalue weighted by atomic mass is 35.5. The van der Waals surface area contributed by atoms with Crippen LogP contribution in [-0.4, -0.2) is 33.8 Å². The molecule has 0 saturated carbocycles. The van der Waals surface area contributed by atoms with Gasteiger partial charge in [0.2, 0.25) is 5.95 Å². The SMILES string of the molecule is CNCCn1c(=O)nc(Nc2ccc(OC(C)C)c(F)c2)n(Cc2ccc(Cl)cc2)c1=O. The van der Waals surface area contributed by atoms with Crippen molar-refractivity contribution in [1.82, 2.24) is 19.4 Å². The van der Waals surface area contributed by atoms with Gasteiger partial charge in [-0.1, -0.05) is 23.7 Å². The van der Waals surface area contributed by atoms with Crippen LogP contribution in [0.4, 0.5) is 16.0 Å². The summed E-state index contributed by atoms with van der Waals surface area (Å²) in [6.07, 6.45) is -0.181. The normalized spacial score (nSPS) is 11.1. The number of halogens is 2. The predicted molar refractivity (Wildman–Crippen MR) is 123 cm³/mol. The fourth-order valence-electron chi connectivity index (χ4n) is 3.01. The minimum Gasteiger partial charge on any atom is -0.488 e. The minimum absolute atomic E-state index is 0.00702. The number of likely N-dealkylation sites (N-methyl/N-ethyl adjacent to an activating group) is 1. The molecular formula is C22H25ClFN5O3. The van der Waals surface area contributed by atoms with E-state index in [-0.39, 0.29) is 30.9 Å². The molecule has 0 fully saturated rings. The maximum Gasteiger partial charge on any atom is 0.354 e. The summed E-state index contributed by atoms with van der Waals surface area (Å²) in [5.74, 6) is -0.454. The van der Waals surface area contributed by atoms with Crippen LogP contribution in [0, 0.1) is 5.82 Å². The van der Waals surface area contributed by atoms with E-state index in [4.69, 9.17) is 16.3 Å². The molecule has 0 saturated heterocycles. The molecule has 10 heteroatoms. The second-order valence-electron chi connectivity index (χ2n) is 7.41. The third-order valence-electron chi connectivity index (χ3n) is 4.54. The lowest BCUT2D eigenvalue weighted by molar-refractivity contribution is 0.231. The molecule has 1 heterocycles. The van der Waals surface area contributed by atoms with E-state index in [1.807, 2.05) is 0 Å². The first-order valence-electron chi connectivity index (χ1n) is 10.1. The largest absolute Gasteiger partial charge is 0.488 e. The van der Waals surface area contributed by atoms with Gasteiger partial charge < -0.3 is 15.4 Å². The van der Waals surface area contributed by atoms with E-state index in [1.165, 1.54) is 16.7 Å². The lowest BCUT2D eigenvalue weighted by atomic mass is 10.2. The zero-order valence-corrected chi connectivity index (χ0v) is 18.8. The average molecular weight is 462 g/mol. The van der Waals surface area contributed by atoms with E-state index in [0.29, 0.717) is 17.3 Å². The van der Waals surface area contributed by atoms with Crippen LogP contribution in [0.3, 0.4) is 0 Å². The molecule has 170 valence electrons. The van der Waals surface area contributed by atoms with Crippen LogP contribution in [0.1, 0.15) is 19.4 Å². The molecule has 0 amide bonds. The summed E-state index contributed by atoms with van der Waals surface area (Å²) in [4.78, 5) is 29.7. The molecule has 0 spiro atoms. The molecular weight excluding hydrogens is 437 g/mol. The van der Waals surface area contributed by atoms with Gasteiger partial charge in [0.15, 0.2) is 11.6 Å². The molecule has 0 radical (unpaired) electrons. The van der Waals surface area contributed by atoms with Crippen molar-refractivity contribution in [1.29, 1.82) is 0 Å². The molecule has 0 unspecified atom stereocenters. The summed E-state index contributed by atoms with van der Waals surface area (Å²) in [6, 6.07) is 11.3. The van der Waals surface area contributed by atoms with Crippen LogP contribution in [0.2, 0.25) is 5.02 Å². The third-order valence-corrected chi connectivity index (χ3v) is 4.79. The van der Waals surface area contributed by atoms with Gasteiger partial charge in [0.25, 0.3) is 0 Å². The summed E-state index contributed by atoms with van der Waals surface area (Å²) in [6.45, 7) is 4.33. The van der Waals surface area contributed by atoms with Crippen LogP contribution < -0.4 is 26.7 Å². The second-order valence-corrected chi connectivity index (χ2v) is 7.84. The van der Waals surface area contributed by atoms with Crippen molar-refractivity contribution in [2.24, 2.45) is 0 Å². The van der Waals surface area contributed by atoms with E-state index in [9.17, 15) is 14.0 Å². The Morgan fingerprint density at radius 3 is 2.47 bits per heavy atom. The van der Waals surface area contributed by atoms with Crippen LogP contribution in [0.25, 0.3) is 0 Å². The molecule has 3 rings (SSSR count). The molecule has 0 atom stereocenters. The summed E-state index contributed by atoms with van der Waals surface area (Å²) in [7, 11) is 1.72. The number of hydrogen-bond acceptors (Lipinski definition) is 6. The highest BCUT2D eigenvalue weighted by molar-refractivity contribution is 6.30. The van der Waals surface area contributed by atoms with Gasteiger partial charge in [0, 0.05) is 29.9 Å². The number of hydrogen-bond donors (Lipinski definition) is 2. The fourth-order valence-corrected chi connectivity index (χ4v) is 3.14. The minimum atomic E-state index is -0.694. The predicted octanol–water partition coefficient (Wildman–Crippen LogP) is 3.00. The molecule has 0 aliphatic rings. The molecule has 1 aromatic heterocycles. The zero-order chi connectivity index (χ0) is 23.3. The highest BCUT2D eigenvalue weighted by Gasteiger charge is 2.15. The first kappa shape index (κ1) is 23.5. The molecule has 0 bridgehead atoms. The Hall–Kier alpha value is -3.17. The van der Waals surface area contributed by atoms with Crippen molar-refractivity contribution < 1.29 is 9.13 Å². The number of rotatable bonds is 9. The molecule has 0 aliphatic heterocycles. The highest BCUT2D eigenvalue weighted by Crippen LogP contribution is 2.24. The Kier molecular flexibility index (Phi) is 7.66. The van der Waals surface area contributed by atoms with Crippen LogP contribution in [-0.2, 0) is 13.1 Å². The van der Waals surface area contributed by atoms with Crippen LogP contribution in [0.15, 0.2) is 52.1 Å². The quantitative estimate of drug-likeness (QED) is 0.509. The molecule has 8 nitrogen and oxygen atoms in total. The Morgan fingerprint density at radius 1 is 1.12 bits per heavy atom. The van der Waals surface area contributed by atoms with Gasteiger partial charge in [-0.15, -0.1) is 0 Å². The van der Waals surface area contributed by atoms with E-state index in [2.05, 4.69) is 15.6 Å². The molecule has 32 heavy (non-hydrogen) atoms. The molecule has 3 aromatic rings. The van der Waals surface area contributed by atoms with Gasteiger partial charge in [-0.3, -0.25) is 4.57 Å². The van der Waals surface area contributed by atoms with Gasteiger partial charge in [-0.25, -0.2) is 18.5 Å². The monoisotopic (exact) mass is 461 g/mol. The Labute approximate surface area is 189 Å². The van der Waals surface area contributed by atoms with Crippen molar-refractivity contribution in [3.8, 4) is 5.75 Å². The van der Waals surface area contributed by atoms with Crippen LogP contribution >= 0.6 is 11.6 Å². The average Bonchev–Trinajstić information content (AvgIpc) is 2.74. The first-order valence-corrected chi connectivity index (χ1v) is 10.5. The van der Waals surface area contributed by atoms with Gasteiger partial charge in [0.1, 0.15) is 0 Å². The standard InChI is InChI=1S/C22H25ClFN5O3/c1-14(2)32-19-9-8-17(12-18(19)24)26-20-27-21(30)28(11-10-25-3)22(31)29(20)13-15-4-6-16(23)7-5-15/h4-9,12,14,25H,10-11,13H2,1-3H3,(H,26,27,30). The lowest BCUT2D eigenvalue weighted by Gasteiger charge is -2.16.